The van der Waals surface area contributed by atoms with Crippen LogP contribution in [0.4, 0.5) is 0 Å². The van der Waals surface area contributed by atoms with Gasteiger partial charge in [0.25, 0.3) is 0 Å². The topological polar surface area (TPSA) is 49.4 Å². The van der Waals surface area contributed by atoms with Crippen molar-refractivity contribution in [3.05, 3.63) is 0 Å². The summed E-state index contributed by atoms with van der Waals surface area (Å²) in [5, 5.41) is 3.13. The van der Waals surface area contributed by atoms with Crippen LogP contribution < -0.4 is 5.32 Å². The number of hydrogen-bond acceptors (Lipinski definition) is 3. The Morgan fingerprint density at radius 3 is 2.12 bits per heavy atom. The quantitative estimate of drug-likeness (QED) is 0.645. The van der Waals surface area contributed by atoms with Crippen molar-refractivity contribution >= 4 is 10.0 Å². The molecule has 4 nitrogen and oxygen atoms in total. The van der Waals surface area contributed by atoms with Crippen molar-refractivity contribution in [2.75, 3.05) is 25.4 Å². The predicted molar refractivity (Wildman–Crippen MR) is 73.6 cm³/mol. The molecule has 17 heavy (non-hydrogen) atoms. The Hall–Kier alpha value is -0.130. The summed E-state index contributed by atoms with van der Waals surface area (Å²) in [6.45, 7) is 12.0. The summed E-state index contributed by atoms with van der Waals surface area (Å²) in [6, 6.07) is 0.0357. The Labute approximate surface area is 107 Å². The molecule has 5 heteroatoms. The molecule has 0 fully saturated rings. The van der Waals surface area contributed by atoms with E-state index in [4.69, 9.17) is 0 Å². The van der Waals surface area contributed by atoms with Crippen LogP contribution in [0.3, 0.4) is 0 Å². The van der Waals surface area contributed by atoms with Gasteiger partial charge in [-0.3, -0.25) is 0 Å². The van der Waals surface area contributed by atoms with Crippen LogP contribution in [0, 0.1) is 5.92 Å². The molecule has 0 bridgehead atoms. The van der Waals surface area contributed by atoms with Crippen LogP contribution in [0.25, 0.3) is 0 Å². The third-order valence-electron chi connectivity index (χ3n) is 2.44. The number of hydrogen-bond donors (Lipinski definition) is 1. The molecule has 0 aromatic heterocycles. The molecule has 0 unspecified atom stereocenters. The summed E-state index contributed by atoms with van der Waals surface area (Å²) < 4.78 is 25.9. The summed E-state index contributed by atoms with van der Waals surface area (Å²) in [5.74, 6) is 0.550. The van der Waals surface area contributed by atoms with Crippen molar-refractivity contribution in [1.29, 1.82) is 0 Å². The van der Waals surface area contributed by atoms with Crippen molar-refractivity contribution in [2.24, 2.45) is 5.92 Å². The van der Waals surface area contributed by atoms with Gasteiger partial charge in [-0.25, -0.2) is 8.42 Å². The van der Waals surface area contributed by atoms with E-state index in [2.05, 4.69) is 12.2 Å². The minimum Gasteiger partial charge on any atom is -0.316 e. The second-order valence-corrected chi connectivity index (χ2v) is 7.16. The molecule has 1 N–H and O–H groups in total. The van der Waals surface area contributed by atoms with Gasteiger partial charge in [-0.15, -0.1) is 0 Å². The van der Waals surface area contributed by atoms with Gasteiger partial charge in [-0.2, -0.15) is 4.31 Å². The fraction of sp³-hybridized carbons (Fsp3) is 1.00. The van der Waals surface area contributed by atoms with Gasteiger partial charge in [0.2, 0.25) is 10.0 Å². The lowest BCUT2D eigenvalue weighted by molar-refractivity contribution is 0.318. The van der Waals surface area contributed by atoms with E-state index in [-0.39, 0.29) is 11.8 Å². The lowest BCUT2D eigenvalue weighted by Gasteiger charge is -2.27. The van der Waals surface area contributed by atoms with Gasteiger partial charge in [-0.1, -0.05) is 20.8 Å². The highest BCUT2D eigenvalue weighted by atomic mass is 32.2. The van der Waals surface area contributed by atoms with Crippen LogP contribution in [0.15, 0.2) is 0 Å². The van der Waals surface area contributed by atoms with Gasteiger partial charge < -0.3 is 5.32 Å². The SMILES string of the molecule is CCCNCCS(=O)(=O)N(CC(C)C)C(C)C. The zero-order valence-corrected chi connectivity index (χ0v) is 12.7. The number of nitrogens with one attached hydrogen (secondary N) is 1. The second-order valence-electron chi connectivity index (χ2n) is 5.12. The molecule has 0 saturated carbocycles. The Morgan fingerprint density at radius 1 is 1.12 bits per heavy atom. The maximum atomic E-state index is 12.2. The summed E-state index contributed by atoms with van der Waals surface area (Å²) >= 11 is 0. The molecule has 0 aromatic rings. The zero-order valence-electron chi connectivity index (χ0n) is 11.9. The van der Waals surface area contributed by atoms with Crippen molar-refractivity contribution < 1.29 is 8.42 Å². The average Bonchev–Trinajstić information content (AvgIpc) is 2.20. The third kappa shape index (κ3) is 7.01. The fourth-order valence-electron chi connectivity index (χ4n) is 1.63. The van der Waals surface area contributed by atoms with Gasteiger partial charge in [0.1, 0.15) is 0 Å². The van der Waals surface area contributed by atoms with Crippen LogP contribution in [0.5, 0.6) is 0 Å². The van der Waals surface area contributed by atoms with E-state index in [1.54, 1.807) is 4.31 Å². The van der Waals surface area contributed by atoms with Crippen LogP contribution in [0.1, 0.15) is 41.0 Å². The van der Waals surface area contributed by atoms with E-state index in [9.17, 15) is 8.42 Å². The number of sulfonamides is 1. The molecule has 0 aliphatic heterocycles. The summed E-state index contributed by atoms with van der Waals surface area (Å²) in [5.41, 5.74) is 0. The Morgan fingerprint density at radius 2 is 1.71 bits per heavy atom. The molecule has 0 radical (unpaired) electrons. The average molecular weight is 264 g/mol. The molecule has 0 rings (SSSR count). The Balaban J connectivity index is 4.40. The zero-order chi connectivity index (χ0) is 13.5. The Kier molecular flexibility index (Phi) is 8.00. The molecule has 104 valence electrons. The Bertz CT molecular complexity index is 287. The van der Waals surface area contributed by atoms with E-state index in [1.807, 2.05) is 27.7 Å². The highest BCUT2D eigenvalue weighted by Gasteiger charge is 2.24. The van der Waals surface area contributed by atoms with Crippen molar-refractivity contribution in [3.63, 3.8) is 0 Å². The predicted octanol–water partition coefficient (Wildman–Crippen LogP) is 1.68. The van der Waals surface area contributed by atoms with Crippen LogP contribution in [-0.4, -0.2) is 44.2 Å². The van der Waals surface area contributed by atoms with Crippen molar-refractivity contribution in [2.45, 2.75) is 47.1 Å². The molecule has 0 saturated heterocycles. The second kappa shape index (κ2) is 8.06. The minimum atomic E-state index is -3.13. The van der Waals surface area contributed by atoms with E-state index in [0.717, 1.165) is 13.0 Å². The van der Waals surface area contributed by atoms with E-state index >= 15 is 0 Å². The maximum Gasteiger partial charge on any atom is 0.215 e. The molecule has 0 aliphatic rings. The number of nitrogens with zero attached hydrogens (tertiary/aromatic N) is 1. The van der Waals surface area contributed by atoms with E-state index in [1.165, 1.54) is 0 Å². The highest BCUT2D eigenvalue weighted by molar-refractivity contribution is 7.89. The molecule has 0 aromatic carbocycles. The first-order chi connectivity index (χ1) is 7.81. The minimum absolute atomic E-state index is 0.0357. The van der Waals surface area contributed by atoms with Crippen LogP contribution >= 0.6 is 0 Å². The van der Waals surface area contributed by atoms with E-state index in [0.29, 0.717) is 19.0 Å². The maximum absolute atomic E-state index is 12.2. The van der Waals surface area contributed by atoms with Gasteiger partial charge >= 0.3 is 0 Å². The summed E-state index contributed by atoms with van der Waals surface area (Å²) in [6.07, 6.45) is 1.03. The van der Waals surface area contributed by atoms with Crippen LogP contribution in [0.2, 0.25) is 0 Å². The summed E-state index contributed by atoms with van der Waals surface area (Å²) in [7, 11) is -3.13. The van der Waals surface area contributed by atoms with Gasteiger partial charge in [0, 0.05) is 19.1 Å². The van der Waals surface area contributed by atoms with Gasteiger partial charge in [0.15, 0.2) is 0 Å². The standard InChI is InChI=1S/C12H28N2O2S/c1-6-7-13-8-9-17(15,16)14(12(4)5)10-11(2)3/h11-13H,6-10H2,1-5H3. The lowest BCUT2D eigenvalue weighted by Crippen LogP contribution is -2.42. The molecule has 0 heterocycles. The first-order valence-corrected chi connectivity index (χ1v) is 8.12. The highest BCUT2D eigenvalue weighted by Crippen LogP contribution is 2.10. The van der Waals surface area contributed by atoms with Gasteiger partial charge in [-0.05, 0) is 32.7 Å². The smallest absolute Gasteiger partial charge is 0.215 e. The molecule has 0 atom stereocenters. The molecule has 0 amide bonds. The summed E-state index contributed by atoms with van der Waals surface area (Å²) in [4.78, 5) is 0. The number of rotatable bonds is 9. The third-order valence-corrected chi connectivity index (χ3v) is 4.45. The lowest BCUT2D eigenvalue weighted by atomic mass is 10.2. The molecular weight excluding hydrogens is 236 g/mol. The first kappa shape index (κ1) is 16.9. The fourth-order valence-corrected chi connectivity index (χ4v) is 3.43. The van der Waals surface area contributed by atoms with E-state index < -0.39 is 10.0 Å². The molecule has 0 spiro atoms. The van der Waals surface area contributed by atoms with Crippen LogP contribution in [-0.2, 0) is 10.0 Å². The first-order valence-electron chi connectivity index (χ1n) is 6.51. The largest absolute Gasteiger partial charge is 0.316 e. The normalized spacial score (nSPS) is 12.9. The monoisotopic (exact) mass is 264 g/mol. The van der Waals surface area contributed by atoms with Crippen molar-refractivity contribution in [1.82, 2.24) is 9.62 Å². The van der Waals surface area contributed by atoms with Crippen molar-refractivity contribution in [3.8, 4) is 0 Å². The molecular formula is C12H28N2O2S. The van der Waals surface area contributed by atoms with Gasteiger partial charge in [0.05, 0.1) is 5.75 Å². The molecule has 0 aliphatic carbocycles.